The fourth-order valence-electron chi connectivity index (χ4n) is 3.01. The number of carboxylic acids is 1. The van der Waals surface area contributed by atoms with Crippen LogP contribution in [0.1, 0.15) is 32.6 Å². The van der Waals surface area contributed by atoms with E-state index in [9.17, 15) is 9.59 Å². The quantitative estimate of drug-likeness (QED) is 0.689. The molecule has 0 aromatic carbocycles. The van der Waals surface area contributed by atoms with Gasteiger partial charge in [0.05, 0.1) is 11.8 Å². The monoisotopic (exact) mass is 254 g/mol. The van der Waals surface area contributed by atoms with Gasteiger partial charge in [-0.3, -0.25) is 9.59 Å². The van der Waals surface area contributed by atoms with Gasteiger partial charge < -0.3 is 15.7 Å². The summed E-state index contributed by atoms with van der Waals surface area (Å²) in [6.07, 6.45) is 3.11. The lowest BCUT2D eigenvalue weighted by Gasteiger charge is -2.28. The first-order chi connectivity index (χ1) is 8.58. The molecule has 0 aromatic rings. The van der Waals surface area contributed by atoms with Crippen molar-refractivity contribution in [1.82, 2.24) is 10.6 Å². The van der Waals surface area contributed by atoms with Crippen LogP contribution >= 0.6 is 0 Å². The largest absolute Gasteiger partial charge is 0.481 e. The van der Waals surface area contributed by atoms with Crippen molar-refractivity contribution < 1.29 is 14.7 Å². The molecule has 1 saturated carbocycles. The van der Waals surface area contributed by atoms with E-state index in [0.717, 1.165) is 32.4 Å². The molecule has 3 N–H and O–H groups in total. The van der Waals surface area contributed by atoms with E-state index in [4.69, 9.17) is 5.11 Å². The lowest BCUT2D eigenvalue weighted by molar-refractivity contribution is -0.143. The van der Waals surface area contributed by atoms with Gasteiger partial charge in [-0.2, -0.15) is 0 Å². The molecular formula is C13H22N2O3. The van der Waals surface area contributed by atoms with Crippen LogP contribution in [-0.4, -0.2) is 36.1 Å². The Hall–Kier alpha value is -1.10. The van der Waals surface area contributed by atoms with Gasteiger partial charge in [-0.1, -0.05) is 13.3 Å². The highest BCUT2D eigenvalue weighted by Gasteiger charge is 2.33. The van der Waals surface area contributed by atoms with E-state index in [1.54, 1.807) is 0 Å². The summed E-state index contributed by atoms with van der Waals surface area (Å²) >= 11 is 0. The predicted molar refractivity (Wildman–Crippen MR) is 67.0 cm³/mol. The zero-order valence-corrected chi connectivity index (χ0v) is 10.8. The number of hydrogen-bond donors (Lipinski definition) is 3. The highest BCUT2D eigenvalue weighted by Crippen LogP contribution is 2.25. The summed E-state index contributed by atoms with van der Waals surface area (Å²) in [6.45, 7) is 3.70. The van der Waals surface area contributed by atoms with Crippen molar-refractivity contribution in [3.8, 4) is 0 Å². The van der Waals surface area contributed by atoms with Crippen molar-refractivity contribution in [2.75, 3.05) is 13.1 Å². The van der Waals surface area contributed by atoms with Crippen LogP contribution in [0.15, 0.2) is 0 Å². The average molecular weight is 254 g/mol. The summed E-state index contributed by atoms with van der Waals surface area (Å²) in [4.78, 5) is 23.1. The van der Waals surface area contributed by atoms with Gasteiger partial charge in [-0.05, 0) is 31.7 Å². The van der Waals surface area contributed by atoms with Gasteiger partial charge in [0.25, 0.3) is 0 Å². The average Bonchev–Trinajstić information content (AvgIpc) is 2.76. The van der Waals surface area contributed by atoms with Gasteiger partial charge in [-0.15, -0.1) is 0 Å². The molecule has 18 heavy (non-hydrogen) atoms. The Morgan fingerprint density at radius 2 is 2.06 bits per heavy atom. The van der Waals surface area contributed by atoms with Gasteiger partial charge in [0.1, 0.15) is 0 Å². The van der Waals surface area contributed by atoms with Crippen LogP contribution in [0.5, 0.6) is 0 Å². The number of carbonyl (C=O) groups excluding carboxylic acids is 1. The molecule has 0 aromatic heterocycles. The van der Waals surface area contributed by atoms with Crippen molar-refractivity contribution in [2.45, 2.75) is 38.6 Å². The normalized spacial score (nSPS) is 36.3. The van der Waals surface area contributed by atoms with Gasteiger partial charge >= 0.3 is 5.97 Å². The highest BCUT2D eigenvalue weighted by atomic mass is 16.4. The molecule has 1 aliphatic carbocycles. The van der Waals surface area contributed by atoms with Gasteiger partial charge in [0.15, 0.2) is 0 Å². The van der Waals surface area contributed by atoms with Crippen LogP contribution in [0.4, 0.5) is 0 Å². The molecule has 5 heteroatoms. The maximum absolute atomic E-state index is 12.1. The Morgan fingerprint density at radius 3 is 2.67 bits per heavy atom. The number of carbonyl (C=O) groups is 2. The molecule has 2 rings (SSSR count). The SMILES string of the molecule is C[C@@H]1CNC[C@H]1C(=O)NC1CCCC(C(=O)O)C1. The maximum atomic E-state index is 12.1. The first kappa shape index (κ1) is 13.3. The molecule has 1 aliphatic heterocycles. The molecule has 2 unspecified atom stereocenters. The molecule has 1 saturated heterocycles. The van der Waals surface area contributed by atoms with Crippen molar-refractivity contribution in [2.24, 2.45) is 17.8 Å². The van der Waals surface area contributed by atoms with E-state index < -0.39 is 5.97 Å². The van der Waals surface area contributed by atoms with Crippen LogP contribution in [0.2, 0.25) is 0 Å². The molecular weight excluding hydrogens is 232 g/mol. The number of amides is 1. The van der Waals surface area contributed by atoms with Gasteiger partial charge in [-0.25, -0.2) is 0 Å². The third-order valence-electron chi connectivity index (χ3n) is 4.22. The van der Waals surface area contributed by atoms with Crippen LogP contribution in [0.25, 0.3) is 0 Å². The zero-order valence-electron chi connectivity index (χ0n) is 10.8. The molecule has 1 heterocycles. The molecule has 0 bridgehead atoms. The first-order valence-corrected chi connectivity index (χ1v) is 6.82. The van der Waals surface area contributed by atoms with Crippen molar-refractivity contribution >= 4 is 11.9 Å². The summed E-state index contributed by atoms with van der Waals surface area (Å²) < 4.78 is 0. The lowest BCUT2D eigenvalue weighted by atomic mass is 9.85. The number of hydrogen-bond acceptors (Lipinski definition) is 3. The fourth-order valence-corrected chi connectivity index (χ4v) is 3.01. The Labute approximate surface area is 107 Å². The number of rotatable bonds is 3. The minimum atomic E-state index is -0.732. The van der Waals surface area contributed by atoms with Crippen LogP contribution < -0.4 is 10.6 Å². The Morgan fingerprint density at radius 1 is 1.28 bits per heavy atom. The second-order valence-corrected chi connectivity index (χ2v) is 5.65. The Kier molecular flexibility index (Phi) is 4.22. The number of nitrogens with one attached hydrogen (secondary N) is 2. The number of carboxylic acid groups (broad SMARTS) is 1. The summed E-state index contributed by atoms with van der Waals surface area (Å²) in [5, 5.41) is 15.3. The minimum absolute atomic E-state index is 0.0372. The first-order valence-electron chi connectivity index (χ1n) is 6.82. The smallest absolute Gasteiger partial charge is 0.306 e. The summed E-state index contributed by atoms with van der Waals surface area (Å²) in [6, 6.07) is 0.0418. The molecule has 2 fully saturated rings. The molecule has 2 aliphatic rings. The second kappa shape index (κ2) is 5.69. The van der Waals surface area contributed by atoms with E-state index in [2.05, 4.69) is 17.6 Å². The lowest BCUT2D eigenvalue weighted by Crippen LogP contribution is -2.44. The van der Waals surface area contributed by atoms with E-state index >= 15 is 0 Å². The maximum Gasteiger partial charge on any atom is 0.306 e. The molecule has 4 atom stereocenters. The van der Waals surface area contributed by atoms with Crippen LogP contribution in [0.3, 0.4) is 0 Å². The topological polar surface area (TPSA) is 78.4 Å². The number of aliphatic carboxylic acids is 1. The zero-order chi connectivity index (χ0) is 13.1. The Balaban J connectivity index is 1.85. The van der Waals surface area contributed by atoms with E-state index in [-0.39, 0.29) is 23.8 Å². The van der Waals surface area contributed by atoms with E-state index in [1.165, 1.54) is 0 Å². The molecule has 0 radical (unpaired) electrons. The van der Waals surface area contributed by atoms with Crippen LogP contribution in [0, 0.1) is 17.8 Å². The summed E-state index contributed by atoms with van der Waals surface area (Å²) in [5.41, 5.74) is 0. The predicted octanol–water partition coefficient (Wildman–Crippen LogP) is 0.601. The molecule has 5 nitrogen and oxygen atoms in total. The standard InChI is InChI=1S/C13H22N2O3/c1-8-6-14-7-11(8)12(16)15-10-4-2-3-9(5-10)13(17)18/h8-11,14H,2-7H2,1H3,(H,15,16)(H,17,18)/t8-,9?,10?,11-/m1/s1. The van der Waals surface area contributed by atoms with E-state index in [0.29, 0.717) is 12.3 Å². The van der Waals surface area contributed by atoms with E-state index in [1.807, 2.05) is 0 Å². The minimum Gasteiger partial charge on any atom is -0.481 e. The molecule has 0 spiro atoms. The van der Waals surface area contributed by atoms with Crippen molar-refractivity contribution in [3.63, 3.8) is 0 Å². The van der Waals surface area contributed by atoms with Crippen molar-refractivity contribution in [3.05, 3.63) is 0 Å². The molecule has 102 valence electrons. The van der Waals surface area contributed by atoms with Crippen LogP contribution in [-0.2, 0) is 9.59 Å². The summed E-state index contributed by atoms with van der Waals surface area (Å²) in [7, 11) is 0. The van der Waals surface area contributed by atoms with Gasteiger partial charge in [0.2, 0.25) is 5.91 Å². The van der Waals surface area contributed by atoms with Gasteiger partial charge in [0, 0.05) is 12.6 Å². The third-order valence-corrected chi connectivity index (χ3v) is 4.22. The third kappa shape index (κ3) is 3.02. The highest BCUT2D eigenvalue weighted by molar-refractivity contribution is 5.80. The summed E-state index contributed by atoms with van der Waals surface area (Å²) in [5.74, 6) is -0.532. The van der Waals surface area contributed by atoms with Crippen molar-refractivity contribution in [1.29, 1.82) is 0 Å². The fraction of sp³-hybridized carbons (Fsp3) is 0.846. The molecule has 1 amide bonds. The second-order valence-electron chi connectivity index (χ2n) is 5.65. The Bertz CT molecular complexity index is 332.